The van der Waals surface area contributed by atoms with Crippen LogP contribution in [0.5, 0.6) is 0 Å². The topological polar surface area (TPSA) is 62.1 Å². The second kappa shape index (κ2) is 5.82. The Kier molecular flexibility index (Phi) is 4.37. The fourth-order valence-corrected chi connectivity index (χ4v) is 2.61. The molecule has 102 valence electrons. The molecule has 0 radical (unpaired) electrons. The lowest BCUT2D eigenvalue weighted by atomic mass is 10.1. The maximum Gasteiger partial charge on any atom is 0.0716 e. The molecule has 2 heterocycles. The van der Waals surface area contributed by atoms with E-state index in [9.17, 15) is 5.11 Å². The van der Waals surface area contributed by atoms with Crippen LogP contribution in [-0.4, -0.2) is 40.6 Å². The van der Waals surface area contributed by atoms with Crippen LogP contribution >= 0.6 is 0 Å². The van der Waals surface area contributed by atoms with E-state index in [-0.39, 0.29) is 6.10 Å². The van der Waals surface area contributed by atoms with E-state index in [1.807, 2.05) is 4.68 Å². The van der Waals surface area contributed by atoms with Crippen molar-refractivity contribution < 1.29 is 5.11 Å². The predicted molar refractivity (Wildman–Crippen MR) is 71.4 cm³/mol. The highest BCUT2D eigenvalue weighted by molar-refractivity contribution is 5.24. The number of hydrogen-bond donors (Lipinski definition) is 3. The molecule has 1 aliphatic heterocycles. The number of aromatic nitrogens is 2. The number of aryl methyl sites for hydroxylation is 2. The number of nitrogens with one attached hydrogen (secondary N) is 2. The summed E-state index contributed by atoms with van der Waals surface area (Å²) in [6, 6.07) is 0. The van der Waals surface area contributed by atoms with Gasteiger partial charge < -0.3 is 15.7 Å². The zero-order valence-electron chi connectivity index (χ0n) is 11.5. The van der Waals surface area contributed by atoms with Gasteiger partial charge in [0.2, 0.25) is 0 Å². The van der Waals surface area contributed by atoms with Crippen molar-refractivity contribution in [3.8, 4) is 0 Å². The number of aliphatic hydroxyl groups excluding tert-OH is 1. The summed E-state index contributed by atoms with van der Waals surface area (Å²) in [5.41, 5.74) is 3.64. The molecular formula is C13H24N4O. The predicted octanol–water partition coefficient (Wildman–Crippen LogP) is 0.190. The highest BCUT2D eigenvalue weighted by Gasteiger charge is 2.24. The summed E-state index contributed by atoms with van der Waals surface area (Å²) in [5.74, 6) is 0.326. The van der Waals surface area contributed by atoms with Crippen molar-refractivity contribution in [3.05, 3.63) is 17.0 Å². The highest BCUT2D eigenvalue weighted by atomic mass is 16.3. The van der Waals surface area contributed by atoms with Crippen LogP contribution in [0, 0.1) is 19.8 Å². The van der Waals surface area contributed by atoms with Crippen LogP contribution in [0.2, 0.25) is 0 Å². The van der Waals surface area contributed by atoms with Crippen molar-refractivity contribution in [3.63, 3.8) is 0 Å². The molecule has 0 bridgehead atoms. The Hall–Kier alpha value is -0.910. The fraction of sp³-hybridized carbons (Fsp3) is 0.769. The summed E-state index contributed by atoms with van der Waals surface area (Å²) < 4.78 is 2.04. The van der Waals surface area contributed by atoms with Gasteiger partial charge >= 0.3 is 0 Å². The molecule has 1 aromatic heterocycles. The van der Waals surface area contributed by atoms with E-state index in [1.165, 1.54) is 11.3 Å². The molecule has 0 aromatic carbocycles. The second-order valence-electron chi connectivity index (χ2n) is 5.08. The molecule has 0 aliphatic carbocycles. The van der Waals surface area contributed by atoms with Gasteiger partial charge in [-0.3, -0.25) is 4.68 Å². The minimum Gasteiger partial charge on any atom is -0.391 e. The summed E-state index contributed by atoms with van der Waals surface area (Å²) in [6.45, 7) is 10.5. The lowest BCUT2D eigenvalue weighted by Gasteiger charge is -2.14. The first kappa shape index (κ1) is 13.5. The SMILES string of the molecule is CCn1nc(C)c(CNCC2CNCC2O)c1C. The van der Waals surface area contributed by atoms with Gasteiger partial charge in [0, 0.05) is 49.9 Å². The monoisotopic (exact) mass is 252 g/mol. The smallest absolute Gasteiger partial charge is 0.0716 e. The van der Waals surface area contributed by atoms with Crippen LogP contribution in [0.4, 0.5) is 0 Å². The average molecular weight is 252 g/mol. The molecule has 1 saturated heterocycles. The summed E-state index contributed by atoms with van der Waals surface area (Å²) in [4.78, 5) is 0. The van der Waals surface area contributed by atoms with Crippen LogP contribution in [0.25, 0.3) is 0 Å². The van der Waals surface area contributed by atoms with Gasteiger partial charge in [-0.1, -0.05) is 0 Å². The van der Waals surface area contributed by atoms with E-state index in [2.05, 4.69) is 36.5 Å². The lowest BCUT2D eigenvalue weighted by molar-refractivity contribution is 0.146. The Balaban J connectivity index is 1.88. The van der Waals surface area contributed by atoms with Crippen LogP contribution in [0.1, 0.15) is 23.9 Å². The largest absolute Gasteiger partial charge is 0.391 e. The quantitative estimate of drug-likeness (QED) is 0.700. The number of hydrogen-bond acceptors (Lipinski definition) is 4. The summed E-state index contributed by atoms with van der Waals surface area (Å²) >= 11 is 0. The second-order valence-corrected chi connectivity index (χ2v) is 5.08. The van der Waals surface area contributed by atoms with Gasteiger partial charge in [0.1, 0.15) is 0 Å². The Labute approximate surface area is 109 Å². The highest BCUT2D eigenvalue weighted by Crippen LogP contribution is 2.13. The normalized spacial score (nSPS) is 23.8. The summed E-state index contributed by atoms with van der Waals surface area (Å²) in [5, 5.41) is 20.9. The van der Waals surface area contributed by atoms with Crippen LogP contribution < -0.4 is 10.6 Å². The van der Waals surface area contributed by atoms with E-state index >= 15 is 0 Å². The van der Waals surface area contributed by atoms with Gasteiger partial charge in [0.15, 0.2) is 0 Å². The van der Waals surface area contributed by atoms with Crippen molar-refractivity contribution in [1.29, 1.82) is 0 Å². The van der Waals surface area contributed by atoms with Gasteiger partial charge in [-0.25, -0.2) is 0 Å². The molecule has 2 rings (SSSR count). The lowest BCUT2D eigenvalue weighted by Crippen LogP contribution is -2.30. The molecular weight excluding hydrogens is 228 g/mol. The summed E-state index contributed by atoms with van der Waals surface area (Å²) in [6.07, 6.45) is -0.210. The maximum absolute atomic E-state index is 9.72. The Morgan fingerprint density at radius 3 is 2.78 bits per heavy atom. The number of aliphatic hydroxyl groups is 1. The number of rotatable bonds is 5. The zero-order valence-corrected chi connectivity index (χ0v) is 11.5. The molecule has 5 nitrogen and oxygen atoms in total. The van der Waals surface area contributed by atoms with Crippen LogP contribution in [0.3, 0.4) is 0 Å². The van der Waals surface area contributed by atoms with Gasteiger partial charge in [-0.15, -0.1) is 0 Å². The van der Waals surface area contributed by atoms with E-state index in [1.54, 1.807) is 0 Å². The molecule has 0 saturated carbocycles. The van der Waals surface area contributed by atoms with Crippen molar-refractivity contribution in [2.75, 3.05) is 19.6 Å². The van der Waals surface area contributed by atoms with Gasteiger partial charge in [0.25, 0.3) is 0 Å². The van der Waals surface area contributed by atoms with Crippen molar-refractivity contribution in [2.24, 2.45) is 5.92 Å². The molecule has 5 heteroatoms. The Bertz CT molecular complexity index is 402. The molecule has 2 unspecified atom stereocenters. The Morgan fingerprint density at radius 1 is 1.44 bits per heavy atom. The fourth-order valence-electron chi connectivity index (χ4n) is 2.61. The zero-order chi connectivity index (χ0) is 13.1. The van der Waals surface area contributed by atoms with Crippen molar-refractivity contribution >= 4 is 0 Å². The van der Waals surface area contributed by atoms with Gasteiger partial charge in [0.05, 0.1) is 11.8 Å². The minimum atomic E-state index is -0.210. The molecule has 1 fully saturated rings. The number of nitrogens with zero attached hydrogens (tertiary/aromatic N) is 2. The summed E-state index contributed by atoms with van der Waals surface area (Å²) in [7, 11) is 0. The third-order valence-electron chi connectivity index (χ3n) is 3.84. The van der Waals surface area contributed by atoms with Gasteiger partial charge in [-0.2, -0.15) is 5.10 Å². The van der Waals surface area contributed by atoms with Gasteiger partial charge in [-0.05, 0) is 20.8 Å². The first-order valence-electron chi connectivity index (χ1n) is 6.75. The number of β-amino-alcohol motifs (C(OH)–C–C–N with tert-alkyl or cyclic N) is 1. The molecule has 18 heavy (non-hydrogen) atoms. The molecule has 1 aliphatic rings. The Morgan fingerprint density at radius 2 is 2.22 bits per heavy atom. The van der Waals surface area contributed by atoms with E-state index in [4.69, 9.17) is 0 Å². The van der Waals surface area contributed by atoms with Crippen LogP contribution in [-0.2, 0) is 13.1 Å². The van der Waals surface area contributed by atoms with E-state index in [0.29, 0.717) is 5.92 Å². The van der Waals surface area contributed by atoms with Crippen molar-refractivity contribution in [1.82, 2.24) is 20.4 Å². The molecule has 0 spiro atoms. The first-order valence-corrected chi connectivity index (χ1v) is 6.75. The minimum absolute atomic E-state index is 0.210. The van der Waals surface area contributed by atoms with Crippen LogP contribution in [0.15, 0.2) is 0 Å². The van der Waals surface area contributed by atoms with E-state index in [0.717, 1.165) is 38.4 Å². The first-order chi connectivity index (χ1) is 8.63. The molecule has 0 amide bonds. The molecule has 2 atom stereocenters. The third kappa shape index (κ3) is 2.74. The third-order valence-corrected chi connectivity index (χ3v) is 3.84. The van der Waals surface area contributed by atoms with Crippen molar-refractivity contribution in [2.45, 2.75) is 40.0 Å². The van der Waals surface area contributed by atoms with E-state index < -0.39 is 0 Å². The molecule has 1 aromatic rings. The molecule has 3 N–H and O–H groups in total. The standard InChI is InChI=1S/C13H24N4O/c1-4-17-10(3)12(9(2)16-17)7-14-5-11-6-15-8-13(11)18/h11,13-15,18H,4-8H2,1-3H3. The average Bonchev–Trinajstić information content (AvgIpc) is 2.87. The maximum atomic E-state index is 9.72.